The molecule has 2 aromatic rings. The quantitative estimate of drug-likeness (QED) is 0.615. The Bertz CT molecular complexity index is 1260. The van der Waals surface area contributed by atoms with Crippen LogP contribution < -0.4 is 14.2 Å². The van der Waals surface area contributed by atoms with Gasteiger partial charge in [-0.25, -0.2) is 0 Å². The average Bonchev–Trinajstić information content (AvgIpc) is 3.17. The highest BCUT2D eigenvalue weighted by Crippen LogP contribution is 2.62. The van der Waals surface area contributed by atoms with Crippen LogP contribution in [0.15, 0.2) is 42.6 Å². The molecule has 2 aromatic carbocycles. The first-order valence-electron chi connectivity index (χ1n) is 11.4. The molecule has 1 saturated heterocycles. The van der Waals surface area contributed by atoms with Gasteiger partial charge in [0.2, 0.25) is 5.75 Å². The fourth-order valence-corrected chi connectivity index (χ4v) is 5.45. The van der Waals surface area contributed by atoms with Gasteiger partial charge in [0.05, 0.1) is 45.6 Å². The summed E-state index contributed by atoms with van der Waals surface area (Å²) in [6, 6.07) is 14.5. The number of nitriles is 2. The van der Waals surface area contributed by atoms with Gasteiger partial charge in [-0.05, 0) is 23.3 Å². The number of hydrogen-bond acceptors (Lipinski definition) is 7. The van der Waals surface area contributed by atoms with Crippen molar-refractivity contribution in [3.63, 3.8) is 0 Å². The molecule has 7 heteroatoms. The average molecular weight is 472 g/mol. The van der Waals surface area contributed by atoms with Crippen molar-refractivity contribution in [2.45, 2.75) is 38.8 Å². The smallest absolute Gasteiger partial charge is 0.203 e. The number of Topliss-reactive ketones (excluding diaryl/α,β-unsaturated/α-hetero) is 1. The zero-order valence-electron chi connectivity index (χ0n) is 20.8. The molecular formula is C28H29N3O4. The highest BCUT2D eigenvalue weighted by atomic mass is 16.5. The van der Waals surface area contributed by atoms with E-state index in [1.165, 1.54) is 21.3 Å². The Morgan fingerprint density at radius 1 is 0.943 bits per heavy atom. The molecule has 0 radical (unpaired) electrons. The van der Waals surface area contributed by atoms with E-state index in [0.717, 1.165) is 11.1 Å². The third kappa shape index (κ3) is 3.42. The highest BCUT2D eigenvalue weighted by Gasteiger charge is 2.65. The van der Waals surface area contributed by atoms with Gasteiger partial charge in [-0.3, -0.25) is 4.79 Å². The maximum atomic E-state index is 14.0. The van der Waals surface area contributed by atoms with Gasteiger partial charge in [-0.15, -0.1) is 0 Å². The van der Waals surface area contributed by atoms with Crippen LogP contribution in [-0.4, -0.2) is 38.1 Å². The van der Waals surface area contributed by atoms with E-state index in [9.17, 15) is 15.3 Å². The van der Waals surface area contributed by atoms with E-state index >= 15 is 0 Å². The number of methoxy groups -OCH3 is 3. The molecular weight excluding hydrogens is 442 g/mol. The number of carbonyl (C=O) groups excluding carboxylic acids is 1. The lowest BCUT2D eigenvalue weighted by molar-refractivity contribution is -0.130. The van der Waals surface area contributed by atoms with Crippen LogP contribution in [0.5, 0.6) is 17.2 Å². The monoisotopic (exact) mass is 471 g/mol. The molecule has 4 rings (SSSR count). The van der Waals surface area contributed by atoms with Crippen LogP contribution in [0.3, 0.4) is 0 Å². The molecule has 0 aromatic heterocycles. The Hall–Kier alpha value is -3.97. The fraction of sp³-hybridized carbons (Fsp3) is 0.393. The fourth-order valence-electron chi connectivity index (χ4n) is 5.45. The Balaban J connectivity index is 2.09. The zero-order chi connectivity index (χ0) is 25.5. The van der Waals surface area contributed by atoms with Gasteiger partial charge in [0.15, 0.2) is 22.7 Å². The van der Waals surface area contributed by atoms with E-state index in [1.54, 1.807) is 12.1 Å². The van der Waals surface area contributed by atoms with E-state index in [2.05, 4.69) is 12.1 Å². The minimum Gasteiger partial charge on any atom is -0.493 e. The molecule has 0 aliphatic carbocycles. The van der Waals surface area contributed by atoms with Gasteiger partial charge in [0.25, 0.3) is 0 Å². The number of nitrogens with zero attached hydrogens (tertiary/aromatic N) is 3. The molecule has 0 saturated carbocycles. The Morgan fingerprint density at radius 3 is 2.17 bits per heavy atom. The molecule has 1 fully saturated rings. The van der Waals surface area contributed by atoms with Crippen LogP contribution >= 0.6 is 0 Å². The first-order chi connectivity index (χ1) is 16.7. The molecule has 7 nitrogen and oxygen atoms in total. The van der Waals surface area contributed by atoms with Gasteiger partial charge < -0.3 is 19.1 Å². The van der Waals surface area contributed by atoms with Crippen molar-refractivity contribution >= 4 is 11.9 Å². The minimum absolute atomic E-state index is 0.0688. The lowest BCUT2D eigenvalue weighted by Gasteiger charge is -2.36. The second-order valence-electron chi connectivity index (χ2n) is 9.85. The second kappa shape index (κ2) is 8.67. The third-order valence-corrected chi connectivity index (χ3v) is 7.02. The van der Waals surface area contributed by atoms with Crippen LogP contribution in [0.2, 0.25) is 0 Å². The number of fused-ring (bicyclic) bond motifs is 3. The van der Waals surface area contributed by atoms with Crippen LogP contribution in [0.25, 0.3) is 6.08 Å². The van der Waals surface area contributed by atoms with Crippen LogP contribution in [0.1, 0.15) is 49.4 Å². The topological polar surface area (TPSA) is 95.6 Å². The van der Waals surface area contributed by atoms with Crippen molar-refractivity contribution in [3.05, 3.63) is 59.3 Å². The summed E-state index contributed by atoms with van der Waals surface area (Å²) in [7, 11) is 4.52. The van der Waals surface area contributed by atoms with Crippen LogP contribution in [-0.2, 0) is 4.79 Å². The molecule has 2 aliphatic rings. The summed E-state index contributed by atoms with van der Waals surface area (Å²) in [6.07, 6.45) is 3.78. The first-order valence-corrected chi connectivity index (χ1v) is 11.4. The number of hydrogen-bond donors (Lipinski definition) is 0. The first kappa shape index (κ1) is 24.2. The van der Waals surface area contributed by atoms with E-state index in [-0.39, 0.29) is 5.78 Å². The SMILES string of the molecule is COc1ccc([C@H]2[C@H](C(=O)C(C)(C)C)N3C=Cc4ccccc4[C@H]3C2(C#N)C#N)c(OC)c1OC. The third-order valence-electron chi connectivity index (χ3n) is 7.02. The summed E-state index contributed by atoms with van der Waals surface area (Å²) >= 11 is 0. The molecule has 0 unspecified atom stereocenters. The number of carbonyl (C=O) groups is 1. The van der Waals surface area contributed by atoms with Crippen molar-refractivity contribution in [1.29, 1.82) is 10.5 Å². The summed E-state index contributed by atoms with van der Waals surface area (Å²) < 4.78 is 16.8. The maximum Gasteiger partial charge on any atom is 0.203 e. The standard InChI is InChI=1S/C28H29N3O4/c1-27(2,3)26(32)22-21(19-11-12-20(33-4)24(35-6)23(19)34-5)28(15-29,16-30)25-18-10-8-7-9-17(18)13-14-31(22)25/h7-14,21-22,25H,1-6H3/t21-,22+,25-/m0/s1. The Morgan fingerprint density at radius 2 is 1.60 bits per heavy atom. The zero-order valence-corrected chi connectivity index (χ0v) is 20.8. The summed E-state index contributed by atoms with van der Waals surface area (Å²) in [5, 5.41) is 21.3. The summed E-state index contributed by atoms with van der Waals surface area (Å²) in [4.78, 5) is 15.9. The molecule has 0 spiro atoms. The molecule has 0 bridgehead atoms. The Kier molecular flexibility index (Phi) is 5.99. The minimum atomic E-state index is -1.58. The van der Waals surface area contributed by atoms with E-state index < -0.39 is 28.8 Å². The summed E-state index contributed by atoms with van der Waals surface area (Å²) in [5.41, 5.74) is 0.0101. The maximum absolute atomic E-state index is 14.0. The second-order valence-corrected chi connectivity index (χ2v) is 9.85. The van der Waals surface area contributed by atoms with Crippen molar-refractivity contribution in [2.75, 3.05) is 21.3 Å². The number of ketones is 1. The molecule has 0 amide bonds. The van der Waals surface area contributed by atoms with Crippen LogP contribution in [0.4, 0.5) is 0 Å². The van der Waals surface area contributed by atoms with Crippen molar-refractivity contribution in [2.24, 2.45) is 10.8 Å². The van der Waals surface area contributed by atoms with Crippen molar-refractivity contribution in [3.8, 4) is 29.4 Å². The molecule has 0 N–H and O–H groups in total. The van der Waals surface area contributed by atoms with E-state index in [4.69, 9.17) is 14.2 Å². The molecule has 2 aliphatic heterocycles. The lowest BCUT2D eigenvalue weighted by atomic mass is 9.66. The predicted octanol–water partition coefficient (Wildman–Crippen LogP) is 4.85. The highest BCUT2D eigenvalue weighted by molar-refractivity contribution is 5.91. The van der Waals surface area contributed by atoms with Crippen LogP contribution in [0, 0.1) is 33.5 Å². The van der Waals surface area contributed by atoms with E-state index in [0.29, 0.717) is 22.8 Å². The normalized spacial score (nSPS) is 21.8. The van der Waals surface area contributed by atoms with Gasteiger partial charge in [-0.1, -0.05) is 51.1 Å². The lowest BCUT2D eigenvalue weighted by Crippen LogP contribution is -2.43. The van der Waals surface area contributed by atoms with Gasteiger partial charge in [0, 0.05) is 23.1 Å². The Labute approximate surface area is 206 Å². The molecule has 35 heavy (non-hydrogen) atoms. The van der Waals surface area contributed by atoms with Gasteiger partial charge in [-0.2, -0.15) is 10.5 Å². The van der Waals surface area contributed by atoms with E-state index in [1.807, 2.05) is 62.2 Å². The largest absolute Gasteiger partial charge is 0.493 e. The number of benzene rings is 2. The summed E-state index contributed by atoms with van der Waals surface area (Å²) in [5.74, 6) is 0.253. The number of ether oxygens (including phenoxy) is 3. The van der Waals surface area contributed by atoms with Crippen molar-refractivity contribution in [1.82, 2.24) is 4.90 Å². The predicted molar refractivity (Wildman–Crippen MR) is 131 cm³/mol. The van der Waals surface area contributed by atoms with Gasteiger partial charge >= 0.3 is 0 Å². The molecule has 3 atom stereocenters. The molecule has 180 valence electrons. The number of rotatable bonds is 5. The van der Waals surface area contributed by atoms with Gasteiger partial charge in [0.1, 0.15) is 0 Å². The van der Waals surface area contributed by atoms with Crippen molar-refractivity contribution < 1.29 is 19.0 Å². The molecule has 2 heterocycles. The summed E-state index contributed by atoms with van der Waals surface area (Å²) in [6.45, 7) is 5.56.